The molecule has 0 spiro atoms. The number of anilines is 2. The quantitative estimate of drug-likeness (QED) is 0.345. The molecule has 1 aromatic heterocycles. The molecule has 4 rings (SSSR count). The Labute approximate surface area is 205 Å². The third kappa shape index (κ3) is 5.69. The van der Waals surface area contributed by atoms with Gasteiger partial charge >= 0.3 is 5.97 Å². The number of fused-ring (bicyclic) bond motifs is 1. The Morgan fingerprint density at radius 2 is 1.77 bits per heavy atom. The number of nitrogens with one attached hydrogen (secondary N) is 1. The van der Waals surface area contributed by atoms with Gasteiger partial charge in [0.2, 0.25) is 0 Å². The summed E-state index contributed by atoms with van der Waals surface area (Å²) in [6.45, 7) is 4.94. The maximum Gasteiger partial charge on any atom is 0.307 e. The standard InChI is InChI=1S/C28H30N4O3/c1-4-35-27(33)16-17-32(23-8-6-5-7-9-23)28(34)21-12-15-25-24(18-21)30-26(31(25)3)19-29-22-13-10-20(2)11-14-22/h5-15,18,29H,4,16-17,19H2,1-3H3. The zero-order chi connectivity index (χ0) is 24.8. The maximum absolute atomic E-state index is 13.5. The molecule has 1 heterocycles. The lowest BCUT2D eigenvalue weighted by atomic mass is 10.1. The molecule has 1 N–H and O–H groups in total. The zero-order valence-electron chi connectivity index (χ0n) is 20.3. The van der Waals surface area contributed by atoms with E-state index in [-0.39, 0.29) is 24.8 Å². The third-order valence-electron chi connectivity index (χ3n) is 5.88. The van der Waals surface area contributed by atoms with Crippen LogP contribution in [0.3, 0.4) is 0 Å². The minimum Gasteiger partial charge on any atom is -0.466 e. The summed E-state index contributed by atoms with van der Waals surface area (Å²) in [6, 6.07) is 23.1. The number of carbonyl (C=O) groups is 2. The van der Waals surface area contributed by atoms with Crippen LogP contribution >= 0.6 is 0 Å². The molecule has 0 fully saturated rings. The fraction of sp³-hybridized carbons (Fsp3) is 0.250. The number of hydrogen-bond acceptors (Lipinski definition) is 5. The number of carbonyl (C=O) groups excluding carboxylic acids is 2. The Balaban J connectivity index is 1.56. The van der Waals surface area contributed by atoms with Gasteiger partial charge in [-0.3, -0.25) is 9.59 Å². The number of amides is 1. The van der Waals surface area contributed by atoms with Crippen LogP contribution in [0.4, 0.5) is 11.4 Å². The van der Waals surface area contributed by atoms with Gasteiger partial charge in [-0.1, -0.05) is 35.9 Å². The largest absolute Gasteiger partial charge is 0.466 e. The predicted molar refractivity (Wildman–Crippen MR) is 139 cm³/mol. The summed E-state index contributed by atoms with van der Waals surface area (Å²) in [5.41, 5.74) is 5.17. The lowest BCUT2D eigenvalue weighted by Crippen LogP contribution is -2.33. The summed E-state index contributed by atoms with van der Waals surface area (Å²) in [5.74, 6) is 0.354. The van der Waals surface area contributed by atoms with Crippen molar-refractivity contribution in [2.75, 3.05) is 23.4 Å². The van der Waals surface area contributed by atoms with Crippen LogP contribution in [0, 0.1) is 6.92 Å². The van der Waals surface area contributed by atoms with Crippen molar-refractivity contribution >= 4 is 34.3 Å². The van der Waals surface area contributed by atoms with E-state index in [1.807, 2.05) is 72.3 Å². The van der Waals surface area contributed by atoms with Gasteiger partial charge in [-0.15, -0.1) is 0 Å². The molecule has 0 radical (unpaired) electrons. The molecule has 7 heteroatoms. The van der Waals surface area contributed by atoms with Gasteiger partial charge in [-0.2, -0.15) is 0 Å². The van der Waals surface area contributed by atoms with E-state index < -0.39 is 0 Å². The summed E-state index contributed by atoms with van der Waals surface area (Å²) >= 11 is 0. The van der Waals surface area contributed by atoms with E-state index in [0.29, 0.717) is 18.7 Å². The molecule has 7 nitrogen and oxygen atoms in total. The third-order valence-corrected chi connectivity index (χ3v) is 5.88. The first-order valence-corrected chi connectivity index (χ1v) is 11.7. The normalized spacial score (nSPS) is 10.8. The van der Waals surface area contributed by atoms with Gasteiger partial charge < -0.3 is 19.5 Å². The number of benzene rings is 3. The minimum absolute atomic E-state index is 0.120. The second kappa shape index (κ2) is 10.9. The average Bonchev–Trinajstić information content (AvgIpc) is 3.19. The molecule has 0 saturated heterocycles. The predicted octanol–water partition coefficient (Wildman–Crippen LogP) is 5.09. The number of nitrogens with zero attached hydrogens (tertiary/aromatic N) is 3. The molecule has 0 aliphatic heterocycles. The number of hydrogen-bond donors (Lipinski definition) is 1. The molecule has 0 atom stereocenters. The van der Waals surface area contributed by atoms with Crippen LogP contribution in [0.2, 0.25) is 0 Å². The smallest absolute Gasteiger partial charge is 0.307 e. The molecule has 3 aromatic carbocycles. The highest BCUT2D eigenvalue weighted by atomic mass is 16.5. The monoisotopic (exact) mass is 470 g/mol. The lowest BCUT2D eigenvalue weighted by Gasteiger charge is -2.22. The Morgan fingerprint density at radius 1 is 1.03 bits per heavy atom. The van der Waals surface area contributed by atoms with Gasteiger partial charge in [0.15, 0.2) is 0 Å². The zero-order valence-corrected chi connectivity index (χ0v) is 20.3. The summed E-state index contributed by atoms with van der Waals surface area (Å²) in [5, 5.41) is 3.40. The first-order valence-electron chi connectivity index (χ1n) is 11.7. The summed E-state index contributed by atoms with van der Waals surface area (Å²) in [7, 11) is 1.97. The summed E-state index contributed by atoms with van der Waals surface area (Å²) < 4.78 is 7.08. The summed E-state index contributed by atoms with van der Waals surface area (Å²) in [4.78, 5) is 31.9. The molecule has 180 valence electrons. The number of imidazole rings is 1. The second-order valence-corrected chi connectivity index (χ2v) is 8.36. The SMILES string of the molecule is CCOC(=O)CCN(C(=O)c1ccc2c(c1)nc(CNc1ccc(C)cc1)n2C)c1ccccc1. The van der Waals surface area contributed by atoms with Crippen molar-refractivity contribution in [3.05, 3.63) is 89.7 Å². The number of ether oxygens (including phenoxy) is 1. The molecule has 0 saturated carbocycles. The van der Waals surface area contributed by atoms with Gasteiger partial charge in [0.1, 0.15) is 5.82 Å². The maximum atomic E-state index is 13.5. The Hall–Kier alpha value is -4.13. The second-order valence-electron chi connectivity index (χ2n) is 8.36. The van der Waals surface area contributed by atoms with E-state index in [4.69, 9.17) is 9.72 Å². The van der Waals surface area contributed by atoms with Crippen molar-refractivity contribution in [2.45, 2.75) is 26.8 Å². The van der Waals surface area contributed by atoms with Crippen molar-refractivity contribution < 1.29 is 14.3 Å². The van der Waals surface area contributed by atoms with Crippen LogP contribution in [0.1, 0.15) is 35.1 Å². The molecule has 0 aliphatic carbocycles. The van der Waals surface area contributed by atoms with E-state index in [1.54, 1.807) is 11.8 Å². The van der Waals surface area contributed by atoms with Crippen LogP contribution in [0.5, 0.6) is 0 Å². The molecular weight excluding hydrogens is 440 g/mol. The van der Waals surface area contributed by atoms with E-state index in [1.165, 1.54) is 5.56 Å². The minimum atomic E-state index is -0.327. The van der Waals surface area contributed by atoms with Gasteiger partial charge in [0, 0.05) is 30.5 Å². The highest BCUT2D eigenvalue weighted by Gasteiger charge is 2.20. The van der Waals surface area contributed by atoms with Crippen molar-refractivity contribution in [2.24, 2.45) is 7.05 Å². The average molecular weight is 471 g/mol. The van der Waals surface area contributed by atoms with Crippen molar-refractivity contribution in [1.29, 1.82) is 0 Å². The number of aryl methyl sites for hydroxylation is 2. The van der Waals surface area contributed by atoms with E-state index in [2.05, 4.69) is 24.4 Å². The van der Waals surface area contributed by atoms with Crippen molar-refractivity contribution in [3.8, 4) is 0 Å². The van der Waals surface area contributed by atoms with Crippen LogP contribution in [-0.2, 0) is 23.1 Å². The topological polar surface area (TPSA) is 76.5 Å². The Kier molecular flexibility index (Phi) is 7.45. The van der Waals surface area contributed by atoms with Crippen molar-refractivity contribution in [1.82, 2.24) is 9.55 Å². The molecule has 1 amide bonds. The van der Waals surface area contributed by atoms with Crippen LogP contribution < -0.4 is 10.2 Å². The molecule has 35 heavy (non-hydrogen) atoms. The molecule has 0 aliphatic rings. The Bertz CT molecular complexity index is 1310. The number of rotatable bonds is 9. The van der Waals surface area contributed by atoms with Gasteiger partial charge in [-0.05, 0) is 56.3 Å². The van der Waals surface area contributed by atoms with Crippen LogP contribution in [-0.4, -0.2) is 34.6 Å². The van der Waals surface area contributed by atoms with E-state index in [0.717, 1.165) is 28.2 Å². The number of aromatic nitrogens is 2. The number of para-hydroxylation sites is 1. The van der Waals surface area contributed by atoms with E-state index in [9.17, 15) is 9.59 Å². The van der Waals surface area contributed by atoms with Crippen LogP contribution in [0.15, 0.2) is 72.8 Å². The fourth-order valence-electron chi connectivity index (χ4n) is 3.94. The van der Waals surface area contributed by atoms with Gasteiger partial charge in [-0.25, -0.2) is 4.98 Å². The number of esters is 1. The fourth-order valence-corrected chi connectivity index (χ4v) is 3.94. The summed E-state index contributed by atoms with van der Waals surface area (Å²) in [6.07, 6.45) is 0.120. The lowest BCUT2D eigenvalue weighted by molar-refractivity contribution is -0.142. The highest BCUT2D eigenvalue weighted by Crippen LogP contribution is 2.22. The van der Waals surface area contributed by atoms with Gasteiger partial charge in [0.05, 0.1) is 30.6 Å². The first kappa shape index (κ1) is 24.0. The van der Waals surface area contributed by atoms with Crippen LogP contribution in [0.25, 0.3) is 11.0 Å². The first-order chi connectivity index (χ1) is 17.0. The molecule has 0 bridgehead atoms. The van der Waals surface area contributed by atoms with Crippen molar-refractivity contribution in [3.63, 3.8) is 0 Å². The molecule has 0 unspecified atom stereocenters. The molecule has 4 aromatic rings. The van der Waals surface area contributed by atoms with E-state index >= 15 is 0 Å². The molecular formula is C28H30N4O3. The Morgan fingerprint density at radius 3 is 2.49 bits per heavy atom. The highest BCUT2D eigenvalue weighted by molar-refractivity contribution is 6.07. The van der Waals surface area contributed by atoms with Gasteiger partial charge in [0.25, 0.3) is 5.91 Å².